The van der Waals surface area contributed by atoms with Crippen LogP contribution in [0, 0.1) is 0 Å². The van der Waals surface area contributed by atoms with Gasteiger partial charge in [-0.15, -0.1) is 0 Å². The number of rotatable bonds is 3. The SMILES string of the molecule is C=Cc1c(C(=C)CC)ccn1C. The molecule has 0 aromatic carbocycles. The van der Waals surface area contributed by atoms with Crippen molar-refractivity contribution in [2.75, 3.05) is 0 Å². The van der Waals surface area contributed by atoms with Crippen LogP contribution in [0.15, 0.2) is 25.4 Å². The lowest BCUT2D eigenvalue weighted by Crippen LogP contribution is -1.90. The molecule has 0 amide bonds. The Hall–Kier alpha value is -1.24. The summed E-state index contributed by atoms with van der Waals surface area (Å²) in [5.74, 6) is 0. The number of allylic oxidation sites excluding steroid dienone is 1. The van der Waals surface area contributed by atoms with Gasteiger partial charge in [0.2, 0.25) is 0 Å². The monoisotopic (exact) mass is 161 g/mol. The third-order valence-electron chi connectivity index (χ3n) is 2.12. The Bertz CT molecular complexity index is 305. The zero-order valence-electron chi connectivity index (χ0n) is 7.80. The van der Waals surface area contributed by atoms with Crippen LogP contribution in [0.2, 0.25) is 0 Å². The van der Waals surface area contributed by atoms with Gasteiger partial charge in [-0.25, -0.2) is 0 Å². The van der Waals surface area contributed by atoms with E-state index in [1.807, 2.05) is 19.3 Å². The first-order valence-electron chi connectivity index (χ1n) is 4.16. The van der Waals surface area contributed by atoms with E-state index >= 15 is 0 Å². The molecule has 0 fully saturated rings. The Morgan fingerprint density at radius 1 is 1.67 bits per heavy atom. The van der Waals surface area contributed by atoms with Crippen molar-refractivity contribution in [3.63, 3.8) is 0 Å². The summed E-state index contributed by atoms with van der Waals surface area (Å²) in [6.07, 6.45) is 4.90. The molecule has 0 aliphatic heterocycles. The van der Waals surface area contributed by atoms with Gasteiger partial charge in [-0.2, -0.15) is 0 Å². The summed E-state index contributed by atoms with van der Waals surface area (Å²) in [5, 5.41) is 0. The van der Waals surface area contributed by atoms with E-state index in [0.717, 1.165) is 12.1 Å². The van der Waals surface area contributed by atoms with Crippen LogP contribution in [0.3, 0.4) is 0 Å². The highest BCUT2D eigenvalue weighted by atomic mass is 14.9. The molecule has 0 bridgehead atoms. The van der Waals surface area contributed by atoms with Crippen molar-refractivity contribution in [2.24, 2.45) is 7.05 Å². The minimum atomic E-state index is 0.991. The minimum Gasteiger partial charge on any atom is -0.351 e. The van der Waals surface area contributed by atoms with E-state index < -0.39 is 0 Å². The molecule has 0 radical (unpaired) electrons. The Morgan fingerprint density at radius 2 is 2.33 bits per heavy atom. The van der Waals surface area contributed by atoms with Gasteiger partial charge in [0.05, 0.1) is 0 Å². The molecule has 1 aromatic heterocycles. The summed E-state index contributed by atoms with van der Waals surface area (Å²) in [6, 6.07) is 2.09. The molecule has 0 spiro atoms. The van der Waals surface area contributed by atoms with Gasteiger partial charge in [-0.05, 0) is 24.1 Å². The standard InChI is InChI=1S/C11H15N/c1-5-9(3)10-7-8-12(4)11(10)6-2/h6-8H,2-3,5H2,1,4H3. The normalized spacial score (nSPS) is 9.83. The van der Waals surface area contributed by atoms with Crippen molar-refractivity contribution in [1.82, 2.24) is 4.57 Å². The van der Waals surface area contributed by atoms with Gasteiger partial charge in [-0.3, -0.25) is 0 Å². The lowest BCUT2D eigenvalue weighted by atomic mass is 10.1. The molecule has 1 nitrogen and oxygen atoms in total. The van der Waals surface area contributed by atoms with E-state index in [9.17, 15) is 0 Å². The van der Waals surface area contributed by atoms with Crippen LogP contribution in [0.1, 0.15) is 24.6 Å². The number of nitrogens with zero attached hydrogens (tertiary/aromatic N) is 1. The van der Waals surface area contributed by atoms with Gasteiger partial charge in [0, 0.05) is 24.5 Å². The molecule has 1 heteroatoms. The van der Waals surface area contributed by atoms with Crippen molar-refractivity contribution >= 4 is 11.6 Å². The van der Waals surface area contributed by atoms with E-state index in [4.69, 9.17) is 0 Å². The van der Waals surface area contributed by atoms with Gasteiger partial charge in [-0.1, -0.05) is 20.1 Å². The highest BCUT2D eigenvalue weighted by Gasteiger charge is 2.04. The summed E-state index contributed by atoms with van der Waals surface area (Å²) in [5.41, 5.74) is 3.54. The minimum absolute atomic E-state index is 0.991. The molecule has 0 saturated carbocycles. The summed E-state index contributed by atoms with van der Waals surface area (Å²) >= 11 is 0. The summed E-state index contributed by atoms with van der Waals surface area (Å²) in [7, 11) is 2.02. The van der Waals surface area contributed by atoms with Gasteiger partial charge in [0.25, 0.3) is 0 Å². The molecule has 1 rings (SSSR count). The molecule has 1 aromatic rings. The molecule has 0 atom stereocenters. The fourth-order valence-corrected chi connectivity index (χ4v) is 1.29. The van der Waals surface area contributed by atoms with Crippen molar-refractivity contribution in [3.05, 3.63) is 36.7 Å². The van der Waals surface area contributed by atoms with Crippen LogP contribution in [-0.4, -0.2) is 4.57 Å². The Kier molecular flexibility index (Phi) is 2.54. The summed E-state index contributed by atoms with van der Waals surface area (Å²) in [6.45, 7) is 9.90. The van der Waals surface area contributed by atoms with E-state index in [2.05, 4.69) is 30.7 Å². The van der Waals surface area contributed by atoms with E-state index in [0.29, 0.717) is 0 Å². The summed E-state index contributed by atoms with van der Waals surface area (Å²) < 4.78 is 2.06. The Balaban J connectivity index is 3.15. The van der Waals surface area contributed by atoms with Gasteiger partial charge in [0.15, 0.2) is 0 Å². The molecule has 0 aliphatic carbocycles. The summed E-state index contributed by atoms with van der Waals surface area (Å²) in [4.78, 5) is 0. The molecule has 0 unspecified atom stereocenters. The maximum absolute atomic E-state index is 4.00. The Labute approximate surface area is 74.0 Å². The van der Waals surface area contributed by atoms with E-state index in [1.165, 1.54) is 11.1 Å². The quantitative estimate of drug-likeness (QED) is 0.642. The molecule has 0 saturated heterocycles. The number of hydrogen-bond acceptors (Lipinski definition) is 0. The van der Waals surface area contributed by atoms with E-state index in [1.54, 1.807) is 0 Å². The maximum atomic E-state index is 4.00. The zero-order valence-corrected chi connectivity index (χ0v) is 7.80. The van der Waals surface area contributed by atoms with Crippen LogP contribution < -0.4 is 0 Å². The van der Waals surface area contributed by atoms with Crippen molar-refractivity contribution in [2.45, 2.75) is 13.3 Å². The third kappa shape index (κ3) is 1.35. The van der Waals surface area contributed by atoms with E-state index in [-0.39, 0.29) is 0 Å². The second kappa shape index (κ2) is 3.44. The predicted octanol–water partition coefficient (Wildman–Crippen LogP) is 3.09. The van der Waals surface area contributed by atoms with Crippen molar-refractivity contribution < 1.29 is 0 Å². The maximum Gasteiger partial charge on any atom is 0.0474 e. The molecule has 0 aliphatic rings. The first-order chi connectivity index (χ1) is 5.70. The average molecular weight is 161 g/mol. The second-order valence-corrected chi connectivity index (χ2v) is 2.89. The van der Waals surface area contributed by atoms with Crippen LogP contribution in [-0.2, 0) is 7.05 Å². The van der Waals surface area contributed by atoms with Gasteiger partial charge in [0.1, 0.15) is 0 Å². The molecule has 1 heterocycles. The van der Waals surface area contributed by atoms with Crippen molar-refractivity contribution in [3.8, 4) is 0 Å². The first kappa shape index (κ1) is 8.85. The lowest BCUT2D eigenvalue weighted by molar-refractivity contribution is 0.913. The molecule has 12 heavy (non-hydrogen) atoms. The number of aryl methyl sites for hydroxylation is 1. The molecular weight excluding hydrogens is 146 g/mol. The third-order valence-corrected chi connectivity index (χ3v) is 2.12. The highest BCUT2D eigenvalue weighted by molar-refractivity contribution is 5.71. The van der Waals surface area contributed by atoms with Gasteiger partial charge < -0.3 is 4.57 Å². The fraction of sp³-hybridized carbons (Fsp3) is 0.273. The average Bonchev–Trinajstić information content (AvgIpc) is 2.45. The smallest absolute Gasteiger partial charge is 0.0474 e. The lowest BCUT2D eigenvalue weighted by Gasteiger charge is -2.03. The zero-order chi connectivity index (χ0) is 9.14. The molecule has 0 N–H and O–H groups in total. The van der Waals surface area contributed by atoms with Crippen LogP contribution in [0.25, 0.3) is 11.6 Å². The topological polar surface area (TPSA) is 4.93 Å². The largest absolute Gasteiger partial charge is 0.351 e. The first-order valence-corrected chi connectivity index (χ1v) is 4.16. The Morgan fingerprint density at radius 3 is 2.83 bits per heavy atom. The second-order valence-electron chi connectivity index (χ2n) is 2.89. The van der Waals surface area contributed by atoms with Crippen molar-refractivity contribution in [1.29, 1.82) is 0 Å². The predicted molar refractivity (Wildman–Crippen MR) is 54.8 cm³/mol. The molecular formula is C11H15N. The number of aromatic nitrogens is 1. The van der Waals surface area contributed by atoms with Crippen LogP contribution in [0.4, 0.5) is 0 Å². The van der Waals surface area contributed by atoms with Crippen LogP contribution in [0.5, 0.6) is 0 Å². The number of hydrogen-bond donors (Lipinski definition) is 0. The highest BCUT2D eigenvalue weighted by Crippen LogP contribution is 2.21. The van der Waals surface area contributed by atoms with Gasteiger partial charge >= 0.3 is 0 Å². The van der Waals surface area contributed by atoms with Crippen LogP contribution >= 0.6 is 0 Å². The fourth-order valence-electron chi connectivity index (χ4n) is 1.29. The molecule has 64 valence electrons.